The molecule has 0 aromatic heterocycles. The summed E-state index contributed by atoms with van der Waals surface area (Å²) in [4.78, 5) is 15.9. The van der Waals surface area contributed by atoms with Crippen LogP contribution in [0.25, 0.3) is 0 Å². The number of carbonyl (C=O) groups excluding carboxylic acids is 1. The largest absolute Gasteiger partial charge is 0.380 e. The fourth-order valence-electron chi connectivity index (χ4n) is 1.99. The van der Waals surface area contributed by atoms with Crippen LogP contribution in [0.4, 0.5) is 4.79 Å². The molecule has 2 heterocycles. The fraction of sp³-hybridized carbons (Fsp3) is 0.900. The van der Waals surface area contributed by atoms with Crippen LogP contribution >= 0.6 is 0 Å². The zero-order valence-corrected chi connectivity index (χ0v) is 9.07. The van der Waals surface area contributed by atoms with Gasteiger partial charge in [-0.25, -0.2) is 4.79 Å². The second kappa shape index (κ2) is 5.32. The van der Waals surface area contributed by atoms with Gasteiger partial charge in [0.05, 0.1) is 6.61 Å². The van der Waals surface area contributed by atoms with Crippen LogP contribution in [-0.4, -0.2) is 68.3 Å². The minimum Gasteiger partial charge on any atom is -0.380 e. The highest BCUT2D eigenvalue weighted by atomic mass is 16.5. The molecule has 0 aromatic carbocycles. The first-order valence-corrected chi connectivity index (χ1v) is 5.70. The van der Waals surface area contributed by atoms with E-state index in [0.29, 0.717) is 6.61 Å². The monoisotopic (exact) mass is 213 g/mol. The van der Waals surface area contributed by atoms with Crippen molar-refractivity contribution in [2.24, 2.45) is 0 Å². The number of urea groups is 1. The van der Waals surface area contributed by atoms with E-state index in [-0.39, 0.29) is 6.03 Å². The second-order valence-corrected chi connectivity index (χ2v) is 3.97. The van der Waals surface area contributed by atoms with Crippen molar-refractivity contribution in [1.82, 2.24) is 15.1 Å². The molecule has 15 heavy (non-hydrogen) atoms. The molecule has 0 unspecified atom stereocenters. The molecule has 5 nitrogen and oxygen atoms in total. The maximum atomic E-state index is 12.1. The zero-order valence-electron chi connectivity index (χ0n) is 9.07. The SMILES string of the molecule is O=C(N1CCNCC1)N1CCCOCC1. The molecular formula is C10H19N3O2. The van der Waals surface area contributed by atoms with Gasteiger partial charge < -0.3 is 19.9 Å². The Morgan fingerprint density at radius 3 is 2.53 bits per heavy atom. The summed E-state index contributed by atoms with van der Waals surface area (Å²) < 4.78 is 5.34. The molecule has 2 rings (SSSR count). The summed E-state index contributed by atoms with van der Waals surface area (Å²) in [5, 5.41) is 3.25. The van der Waals surface area contributed by atoms with Gasteiger partial charge in [0.1, 0.15) is 0 Å². The maximum absolute atomic E-state index is 12.1. The Bertz CT molecular complexity index is 209. The van der Waals surface area contributed by atoms with Crippen molar-refractivity contribution in [2.75, 3.05) is 52.5 Å². The lowest BCUT2D eigenvalue weighted by atomic mass is 10.3. The summed E-state index contributed by atoms with van der Waals surface area (Å²) in [7, 11) is 0. The van der Waals surface area contributed by atoms with Crippen molar-refractivity contribution in [3.05, 3.63) is 0 Å². The van der Waals surface area contributed by atoms with E-state index in [0.717, 1.165) is 52.3 Å². The van der Waals surface area contributed by atoms with Crippen LogP contribution in [0, 0.1) is 0 Å². The van der Waals surface area contributed by atoms with Crippen molar-refractivity contribution < 1.29 is 9.53 Å². The first kappa shape index (κ1) is 10.7. The van der Waals surface area contributed by atoms with Gasteiger partial charge in [-0.15, -0.1) is 0 Å². The molecule has 2 fully saturated rings. The molecule has 0 radical (unpaired) electrons. The Balaban J connectivity index is 1.87. The number of piperazine rings is 1. The van der Waals surface area contributed by atoms with Gasteiger partial charge in [-0.2, -0.15) is 0 Å². The summed E-state index contributed by atoms with van der Waals surface area (Å²) in [5.74, 6) is 0. The fourth-order valence-corrected chi connectivity index (χ4v) is 1.99. The van der Waals surface area contributed by atoms with E-state index in [1.807, 2.05) is 9.80 Å². The van der Waals surface area contributed by atoms with Gasteiger partial charge in [-0.3, -0.25) is 0 Å². The number of nitrogens with one attached hydrogen (secondary N) is 1. The molecule has 5 heteroatoms. The quantitative estimate of drug-likeness (QED) is 0.602. The lowest BCUT2D eigenvalue weighted by Crippen LogP contribution is -2.52. The van der Waals surface area contributed by atoms with Gasteiger partial charge in [0.25, 0.3) is 0 Å². The smallest absolute Gasteiger partial charge is 0.320 e. The normalized spacial score (nSPS) is 23.7. The van der Waals surface area contributed by atoms with E-state index in [1.54, 1.807) is 0 Å². The molecule has 2 amide bonds. The number of hydrogen-bond donors (Lipinski definition) is 1. The standard InChI is InChI=1S/C10H19N3O2/c14-10(13-5-2-11-3-6-13)12-4-1-8-15-9-7-12/h11H,1-9H2. The molecule has 0 saturated carbocycles. The third kappa shape index (κ3) is 2.82. The van der Waals surface area contributed by atoms with Crippen molar-refractivity contribution in [1.29, 1.82) is 0 Å². The lowest BCUT2D eigenvalue weighted by molar-refractivity contribution is 0.129. The molecule has 0 aliphatic carbocycles. The maximum Gasteiger partial charge on any atom is 0.320 e. The van der Waals surface area contributed by atoms with Gasteiger partial charge in [0.2, 0.25) is 0 Å². The van der Waals surface area contributed by atoms with Gasteiger partial charge in [0.15, 0.2) is 0 Å². The van der Waals surface area contributed by atoms with Crippen molar-refractivity contribution >= 4 is 6.03 Å². The van der Waals surface area contributed by atoms with E-state index in [9.17, 15) is 4.79 Å². The average molecular weight is 213 g/mol. The van der Waals surface area contributed by atoms with E-state index in [4.69, 9.17) is 4.74 Å². The number of nitrogens with zero attached hydrogens (tertiary/aromatic N) is 2. The summed E-state index contributed by atoms with van der Waals surface area (Å²) in [6.45, 7) is 6.52. The molecule has 2 saturated heterocycles. The zero-order chi connectivity index (χ0) is 10.5. The Kier molecular flexibility index (Phi) is 3.80. The van der Waals surface area contributed by atoms with Crippen LogP contribution in [-0.2, 0) is 4.74 Å². The third-order valence-corrected chi connectivity index (χ3v) is 2.88. The Labute approximate surface area is 90.4 Å². The number of carbonyl (C=O) groups is 1. The highest BCUT2D eigenvalue weighted by Gasteiger charge is 2.22. The highest BCUT2D eigenvalue weighted by Crippen LogP contribution is 2.05. The van der Waals surface area contributed by atoms with Gasteiger partial charge >= 0.3 is 6.03 Å². The molecular weight excluding hydrogens is 194 g/mol. The topological polar surface area (TPSA) is 44.8 Å². The second-order valence-electron chi connectivity index (χ2n) is 3.97. The first-order chi connectivity index (χ1) is 7.38. The summed E-state index contributed by atoms with van der Waals surface area (Å²) in [6.07, 6.45) is 0.956. The lowest BCUT2D eigenvalue weighted by Gasteiger charge is -2.32. The van der Waals surface area contributed by atoms with Crippen molar-refractivity contribution in [2.45, 2.75) is 6.42 Å². The van der Waals surface area contributed by atoms with Gasteiger partial charge in [-0.1, -0.05) is 0 Å². The van der Waals surface area contributed by atoms with Crippen LogP contribution in [0.2, 0.25) is 0 Å². The molecule has 2 aliphatic heterocycles. The predicted octanol–water partition coefficient (Wildman–Crippen LogP) is -0.266. The Hall–Kier alpha value is -0.810. The Morgan fingerprint density at radius 2 is 1.73 bits per heavy atom. The van der Waals surface area contributed by atoms with E-state index < -0.39 is 0 Å². The third-order valence-electron chi connectivity index (χ3n) is 2.88. The molecule has 1 N–H and O–H groups in total. The minimum absolute atomic E-state index is 0.182. The number of rotatable bonds is 0. The average Bonchev–Trinajstić information content (AvgIpc) is 2.58. The highest BCUT2D eigenvalue weighted by molar-refractivity contribution is 5.74. The summed E-state index contributed by atoms with van der Waals surface area (Å²) >= 11 is 0. The van der Waals surface area contributed by atoms with Crippen LogP contribution < -0.4 is 5.32 Å². The molecule has 86 valence electrons. The van der Waals surface area contributed by atoms with Crippen molar-refractivity contribution in [3.8, 4) is 0 Å². The number of amides is 2. The van der Waals surface area contributed by atoms with Crippen LogP contribution in [0.15, 0.2) is 0 Å². The molecule has 0 aromatic rings. The van der Waals surface area contributed by atoms with Crippen LogP contribution in [0.1, 0.15) is 6.42 Å². The first-order valence-electron chi connectivity index (χ1n) is 5.70. The summed E-state index contributed by atoms with van der Waals surface area (Å²) in [5.41, 5.74) is 0. The molecule has 0 bridgehead atoms. The molecule has 0 spiro atoms. The molecule has 0 atom stereocenters. The van der Waals surface area contributed by atoms with E-state index in [2.05, 4.69) is 5.32 Å². The van der Waals surface area contributed by atoms with E-state index >= 15 is 0 Å². The Morgan fingerprint density at radius 1 is 1.00 bits per heavy atom. The van der Waals surface area contributed by atoms with Crippen molar-refractivity contribution in [3.63, 3.8) is 0 Å². The number of hydrogen-bond acceptors (Lipinski definition) is 3. The van der Waals surface area contributed by atoms with Gasteiger partial charge in [-0.05, 0) is 6.42 Å². The minimum atomic E-state index is 0.182. The molecule has 2 aliphatic rings. The van der Waals surface area contributed by atoms with Crippen LogP contribution in [0.3, 0.4) is 0 Å². The summed E-state index contributed by atoms with van der Waals surface area (Å²) in [6, 6.07) is 0.182. The van der Waals surface area contributed by atoms with Crippen LogP contribution in [0.5, 0.6) is 0 Å². The number of ether oxygens (including phenoxy) is 1. The van der Waals surface area contributed by atoms with Gasteiger partial charge in [0, 0.05) is 45.9 Å². The van der Waals surface area contributed by atoms with E-state index in [1.165, 1.54) is 0 Å². The predicted molar refractivity (Wildman–Crippen MR) is 56.8 cm³/mol.